The molecule has 0 saturated heterocycles. The van der Waals surface area contributed by atoms with E-state index < -0.39 is 11.0 Å². The van der Waals surface area contributed by atoms with Crippen molar-refractivity contribution in [2.24, 2.45) is 11.8 Å². The maximum Gasteiger partial charge on any atom is 0.227 e. The third kappa shape index (κ3) is 3.41. The topological polar surface area (TPSA) is 70.0 Å². The summed E-state index contributed by atoms with van der Waals surface area (Å²) < 4.78 is 6.65. The Hall–Kier alpha value is -2.53. The molecule has 1 amide bonds. The highest BCUT2D eigenvalue weighted by molar-refractivity contribution is 5.79. The van der Waals surface area contributed by atoms with Crippen molar-refractivity contribution in [2.75, 3.05) is 7.05 Å². The Labute approximate surface area is 209 Å². The fraction of sp³-hybridized carbons (Fsp3) is 0.567. The molecule has 1 saturated carbocycles. The van der Waals surface area contributed by atoms with Gasteiger partial charge in [-0.15, -0.1) is 0 Å². The molecule has 1 fully saturated rings. The Kier molecular flexibility index (Phi) is 6.11. The van der Waals surface area contributed by atoms with Crippen LogP contribution in [-0.4, -0.2) is 45.8 Å². The SMILES string of the molecule is CCCC12c3c4ccc(O)c3OC1C(N(C)C(=O)Cc1ccccc1)CCC2(O)C(C(C)CC)C4. The molecule has 35 heavy (non-hydrogen) atoms. The first-order chi connectivity index (χ1) is 16.8. The molecule has 0 radical (unpaired) electrons. The number of nitrogens with zero attached hydrogens (tertiary/aromatic N) is 1. The van der Waals surface area contributed by atoms with Gasteiger partial charge in [-0.25, -0.2) is 0 Å². The molecule has 0 spiro atoms. The van der Waals surface area contributed by atoms with Gasteiger partial charge in [0, 0.05) is 12.6 Å². The van der Waals surface area contributed by atoms with Crippen LogP contribution in [0.4, 0.5) is 0 Å². The lowest BCUT2D eigenvalue weighted by Crippen LogP contribution is -2.71. The van der Waals surface area contributed by atoms with E-state index in [1.165, 1.54) is 5.56 Å². The van der Waals surface area contributed by atoms with E-state index in [1.54, 1.807) is 6.07 Å². The van der Waals surface area contributed by atoms with Crippen LogP contribution < -0.4 is 4.74 Å². The normalized spacial score (nSPS) is 31.4. The first kappa shape index (κ1) is 24.2. The summed E-state index contributed by atoms with van der Waals surface area (Å²) >= 11 is 0. The van der Waals surface area contributed by atoms with E-state index in [2.05, 4.69) is 20.8 Å². The number of carbonyl (C=O) groups is 1. The molecule has 2 aromatic rings. The van der Waals surface area contributed by atoms with Gasteiger partial charge in [0.25, 0.3) is 0 Å². The summed E-state index contributed by atoms with van der Waals surface area (Å²) in [7, 11) is 1.88. The van der Waals surface area contributed by atoms with E-state index in [0.29, 0.717) is 30.9 Å². The first-order valence-corrected chi connectivity index (χ1v) is 13.3. The summed E-state index contributed by atoms with van der Waals surface area (Å²) in [6, 6.07) is 13.4. The van der Waals surface area contributed by atoms with Crippen molar-refractivity contribution in [3.63, 3.8) is 0 Å². The van der Waals surface area contributed by atoms with Crippen LogP contribution in [0.3, 0.4) is 0 Å². The lowest BCUT2D eigenvalue weighted by atomic mass is 9.46. The Morgan fingerprint density at radius 2 is 1.94 bits per heavy atom. The molecule has 6 unspecified atom stereocenters. The Bertz CT molecular complexity index is 1100. The molecule has 6 atom stereocenters. The Balaban J connectivity index is 1.60. The quantitative estimate of drug-likeness (QED) is 0.589. The number of hydrogen-bond donors (Lipinski definition) is 2. The Morgan fingerprint density at radius 3 is 2.63 bits per heavy atom. The molecule has 0 bridgehead atoms. The molecule has 0 aromatic heterocycles. The standard InChI is InChI=1S/C30H39NO4/c1-5-15-29-26-21-12-13-24(32)27(26)35-28(29)23(14-16-30(29,34)22(18-21)19(3)6-2)31(4)25(33)17-20-10-8-7-9-11-20/h7-13,19,22-23,28,32,34H,5-6,14-18H2,1-4H3. The van der Waals surface area contributed by atoms with E-state index in [1.807, 2.05) is 48.3 Å². The average Bonchev–Trinajstić information content (AvgIpc) is 3.21. The predicted molar refractivity (Wildman–Crippen MR) is 137 cm³/mol. The summed E-state index contributed by atoms with van der Waals surface area (Å²) in [4.78, 5) is 15.3. The van der Waals surface area contributed by atoms with Crippen LogP contribution in [0.1, 0.15) is 69.6 Å². The van der Waals surface area contributed by atoms with Gasteiger partial charge >= 0.3 is 0 Å². The lowest BCUT2D eigenvalue weighted by molar-refractivity contribution is -0.181. The summed E-state index contributed by atoms with van der Waals surface area (Å²) in [5, 5.41) is 23.5. The monoisotopic (exact) mass is 477 g/mol. The van der Waals surface area contributed by atoms with Crippen molar-refractivity contribution in [3.8, 4) is 11.5 Å². The van der Waals surface area contributed by atoms with E-state index in [0.717, 1.165) is 36.8 Å². The zero-order valence-corrected chi connectivity index (χ0v) is 21.5. The number of carbonyl (C=O) groups excluding carboxylic acids is 1. The van der Waals surface area contributed by atoms with Gasteiger partial charge < -0.3 is 19.8 Å². The van der Waals surface area contributed by atoms with Crippen molar-refractivity contribution in [3.05, 3.63) is 59.2 Å². The van der Waals surface area contributed by atoms with Gasteiger partial charge in [0.15, 0.2) is 11.5 Å². The largest absolute Gasteiger partial charge is 0.504 e. The van der Waals surface area contributed by atoms with Gasteiger partial charge in [-0.3, -0.25) is 4.79 Å². The van der Waals surface area contributed by atoms with Gasteiger partial charge in [-0.2, -0.15) is 0 Å². The van der Waals surface area contributed by atoms with Gasteiger partial charge in [0.05, 0.1) is 23.5 Å². The number of amides is 1. The van der Waals surface area contributed by atoms with Crippen LogP contribution in [0.25, 0.3) is 0 Å². The highest BCUT2D eigenvalue weighted by Crippen LogP contribution is 2.66. The third-order valence-electron chi connectivity index (χ3n) is 9.46. The number of likely N-dealkylation sites (N-methyl/N-ethyl adjacent to an activating group) is 1. The molecule has 2 N–H and O–H groups in total. The second kappa shape index (κ2) is 8.85. The number of phenolic OH excluding ortho intramolecular Hbond substituents is 1. The minimum absolute atomic E-state index is 0.0524. The molecule has 5 nitrogen and oxygen atoms in total. The van der Waals surface area contributed by atoms with Gasteiger partial charge in [-0.1, -0.05) is 70.0 Å². The number of hydrogen-bond acceptors (Lipinski definition) is 4. The lowest BCUT2D eigenvalue weighted by Gasteiger charge is -2.61. The fourth-order valence-corrected chi connectivity index (χ4v) is 7.61. The van der Waals surface area contributed by atoms with Crippen LogP contribution >= 0.6 is 0 Å². The maximum atomic E-state index is 13.4. The molecular formula is C30H39NO4. The Morgan fingerprint density at radius 1 is 1.20 bits per heavy atom. The molecule has 1 aliphatic heterocycles. The summed E-state index contributed by atoms with van der Waals surface area (Å²) in [5.74, 6) is 1.18. The number of aromatic hydroxyl groups is 1. The smallest absolute Gasteiger partial charge is 0.227 e. The van der Waals surface area contributed by atoms with Crippen LogP contribution in [0.5, 0.6) is 11.5 Å². The molecule has 5 rings (SSSR count). The average molecular weight is 478 g/mol. The molecule has 3 aliphatic rings. The van der Waals surface area contributed by atoms with Crippen LogP contribution in [0, 0.1) is 11.8 Å². The summed E-state index contributed by atoms with van der Waals surface area (Å²) in [6.07, 6.45) is 4.71. The first-order valence-electron chi connectivity index (χ1n) is 13.3. The highest BCUT2D eigenvalue weighted by atomic mass is 16.5. The second-order valence-corrected chi connectivity index (χ2v) is 11.1. The van der Waals surface area contributed by atoms with Crippen molar-refractivity contribution < 1.29 is 19.7 Å². The van der Waals surface area contributed by atoms with E-state index in [-0.39, 0.29) is 29.7 Å². The van der Waals surface area contributed by atoms with Crippen molar-refractivity contribution in [1.29, 1.82) is 0 Å². The molecular weight excluding hydrogens is 438 g/mol. The number of rotatable bonds is 7. The van der Waals surface area contributed by atoms with Gasteiger partial charge in [-0.05, 0) is 54.7 Å². The summed E-state index contributed by atoms with van der Waals surface area (Å²) in [6.45, 7) is 6.60. The van der Waals surface area contributed by atoms with Gasteiger partial charge in [0.2, 0.25) is 5.91 Å². The number of ether oxygens (including phenoxy) is 1. The van der Waals surface area contributed by atoms with E-state index in [9.17, 15) is 15.0 Å². The number of benzene rings is 2. The van der Waals surface area contributed by atoms with Crippen LogP contribution in [0.2, 0.25) is 0 Å². The van der Waals surface area contributed by atoms with Crippen molar-refractivity contribution in [2.45, 2.75) is 88.9 Å². The minimum atomic E-state index is -0.936. The zero-order valence-electron chi connectivity index (χ0n) is 21.5. The molecule has 188 valence electrons. The molecule has 2 aliphatic carbocycles. The molecule has 1 heterocycles. The zero-order chi connectivity index (χ0) is 25.0. The molecule has 5 heteroatoms. The summed E-state index contributed by atoms with van der Waals surface area (Å²) in [5.41, 5.74) is 1.60. The van der Waals surface area contributed by atoms with Crippen molar-refractivity contribution in [1.82, 2.24) is 4.90 Å². The van der Waals surface area contributed by atoms with Crippen LogP contribution in [0.15, 0.2) is 42.5 Å². The van der Waals surface area contributed by atoms with Crippen LogP contribution in [-0.2, 0) is 23.1 Å². The van der Waals surface area contributed by atoms with E-state index in [4.69, 9.17) is 4.74 Å². The fourth-order valence-electron chi connectivity index (χ4n) is 7.61. The maximum absolute atomic E-state index is 13.4. The predicted octanol–water partition coefficient (Wildman–Crippen LogP) is 5.00. The van der Waals surface area contributed by atoms with Crippen molar-refractivity contribution >= 4 is 5.91 Å². The highest BCUT2D eigenvalue weighted by Gasteiger charge is 2.71. The van der Waals surface area contributed by atoms with E-state index >= 15 is 0 Å². The third-order valence-corrected chi connectivity index (χ3v) is 9.46. The number of aliphatic hydroxyl groups is 1. The minimum Gasteiger partial charge on any atom is -0.504 e. The van der Waals surface area contributed by atoms with Gasteiger partial charge in [0.1, 0.15) is 6.10 Å². The second-order valence-electron chi connectivity index (χ2n) is 11.1. The number of phenols is 1. The molecule has 2 aromatic carbocycles.